The maximum atomic E-state index is 14.2. The highest BCUT2D eigenvalue weighted by Crippen LogP contribution is 2.28. The summed E-state index contributed by atoms with van der Waals surface area (Å²) in [6.45, 7) is 2.87. The van der Waals surface area contributed by atoms with E-state index < -0.39 is 12.1 Å². The molecule has 1 aliphatic rings. The van der Waals surface area contributed by atoms with Gasteiger partial charge in [-0.05, 0) is 56.3 Å². The van der Waals surface area contributed by atoms with Crippen molar-refractivity contribution >= 4 is 11.6 Å². The Hall–Kier alpha value is -3.80. The molecule has 4 heterocycles. The Bertz CT molecular complexity index is 1280. The number of rotatable bonds is 4. The molecule has 1 aromatic carbocycles. The lowest BCUT2D eigenvalue weighted by atomic mass is 9.96. The molecule has 3 aromatic heterocycles. The van der Waals surface area contributed by atoms with Crippen LogP contribution in [0, 0.1) is 5.82 Å². The fourth-order valence-corrected chi connectivity index (χ4v) is 3.86. The number of hydrogen-bond donors (Lipinski definition) is 1. The number of halogens is 4. The van der Waals surface area contributed by atoms with Crippen molar-refractivity contribution in [2.45, 2.75) is 31.5 Å². The number of aliphatic carboxylic acids is 1. The van der Waals surface area contributed by atoms with Crippen LogP contribution in [0.4, 0.5) is 17.6 Å². The molecule has 1 N–H and O–H groups in total. The summed E-state index contributed by atoms with van der Waals surface area (Å²) in [5.41, 5.74) is 2.96. The third kappa shape index (κ3) is 5.83. The Labute approximate surface area is 196 Å². The van der Waals surface area contributed by atoms with E-state index >= 15 is 0 Å². The third-order valence-corrected chi connectivity index (χ3v) is 5.62. The van der Waals surface area contributed by atoms with Crippen LogP contribution in [0.5, 0.6) is 0 Å². The van der Waals surface area contributed by atoms with Crippen LogP contribution in [0.15, 0.2) is 59.4 Å². The number of hydrogen-bond acceptors (Lipinski definition) is 6. The Morgan fingerprint density at radius 2 is 1.80 bits per heavy atom. The van der Waals surface area contributed by atoms with Gasteiger partial charge < -0.3 is 9.52 Å². The molecule has 0 spiro atoms. The van der Waals surface area contributed by atoms with E-state index in [1.165, 1.54) is 11.6 Å². The van der Waals surface area contributed by atoms with E-state index in [9.17, 15) is 17.6 Å². The average molecular weight is 491 g/mol. The fraction of sp³-hybridized carbons (Fsp3) is 0.304. The van der Waals surface area contributed by atoms with Crippen LogP contribution >= 0.6 is 0 Å². The molecule has 0 radical (unpaired) electrons. The van der Waals surface area contributed by atoms with Gasteiger partial charge in [0.15, 0.2) is 11.5 Å². The topological polar surface area (TPSA) is 96.8 Å². The molecule has 1 fully saturated rings. The molecule has 0 unspecified atom stereocenters. The summed E-state index contributed by atoms with van der Waals surface area (Å²) in [6, 6.07) is 12.3. The second kappa shape index (κ2) is 10.2. The van der Waals surface area contributed by atoms with Crippen LogP contribution in [0.3, 0.4) is 0 Å². The van der Waals surface area contributed by atoms with Gasteiger partial charge in [0, 0.05) is 23.6 Å². The summed E-state index contributed by atoms with van der Waals surface area (Å²) in [7, 11) is 0. The maximum absolute atomic E-state index is 14.2. The molecule has 12 heteroatoms. The molecule has 8 nitrogen and oxygen atoms in total. The molecule has 1 aliphatic heterocycles. The first-order chi connectivity index (χ1) is 16.7. The molecule has 35 heavy (non-hydrogen) atoms. The van der Waals surface area contributed by atoms with Gasteiger partial charge in [0.25, 0.3) is 0 Å². The fourth-order valence-electron chi connectivity index (χ4n) is 3.86. The van der Waals surface area contributed by atoms with Gasteiger partial charge >= 0.3 is 12.1 Å². The summed E-state index contributed by atoms with van der Waals surface area (Å²) in [5, 5.41) is 20.4. The highest BCUT2D eigenvalue weighted by atomic mass is 19.4. The van der Waals surface area contributed by atoms with Crippen LogP contribution in [-0.2, 0) is 11.3 Å². The van der Waals surface area contributed by atoms with E-state index in [4.69, 9.17) is 14.3 Å². The number of alkyl halides is 3. The normalized spacial score (nSPS) is 15.1. The number of carboxylic acid groups (broad SMARTS) is 1. The van der Waals surface area contributed by atoms with E-state index in [2.05, 4.69) is 20.2 Å². The second-order valence-corrected chi connectivity index (χ2v) is 8.01. The van der Waals surface area contributed by atoms with Crippen LogP contribution in [0.1, 0.15) is 30.1 Å². The number of likely N-dealkylation sites (tertiary alicyclic amines) is 1. The second-order valence-electron chi connectivity index (χ2n) is 8.01. The van der Waals surface area contributed by atoms with Crippen molar-refractivity contribution in [1.82, 2.24) is 24.7 Å². The Morgan fingerprint density at radius 1 is 1.09 bits per heavy atom. The first kappa shape index (κ1) is 24.3. The SMILES string of the molecule is Fc1ccccc1-c1ccc2nnc(C3CCN(Cc4ccoc4)CC3)n2n1.O=C(O)C(F)(F)F. The number of furan rings is 1. The molecule has 4 aromatic rings. The first-order valence-electron chi connectivity index (χ1n) is 10.7. The number of piperidine rings is 1. The lowest BCUT2D eigenvalue weighted by Gasteiger charge is -2.30. The van der Waals surface area contributed by atoms with Crippen molar-refractivity contribution in [2.24, 2.45) is 0 Å². The van der Waals surface area contributed by atoms with Gasteiger partial charge in [0.05, 0.1) is 18.2 Å². The van der Waals surface area contributed by atoms with Crippen molar-refractivity contribution in [2.75, 3.05) is 13.1 Å². The lowest BCUT2D eigenvalue weighted by Crippen LogP contribution is -2.33. The molecule has 0 bridgehead atoms. The molecular formula is C23H21F4N5O3. The Morgan fingerprint density at radius 3 is 2.43 bits per heavy atom. The zero-order valence-corrected chi connectivity index (χ0v) is 18.3. The number of nitrogens with zero attached hydrogens (tertiary/aromatic N) is 5. The zero-order chi connectivity index (χ0) is 25.0. The average Bonchev–Trinajstić information content (AvgIpc) is 3.49. The van der Waals surface area contributed by atoms with Crippen molar-refractivity contribution in [3.8, 4) is 11.3 Å². The van der Waals surface area contributed by atoms with Crippen LogP contribution < -0.4 is 0 Å². The standard InChI is InChI=1S/C21H20FN5O.C2HF3O2/c22-18-4-2-1-3-17(18)19-5-6-20-23-24-21(27(20)25-19)16-7-10-26(11-8-16)13-15-9-12-28-14-15;3-2(4,5)1(6)7/h1-6,9,12,14,16H,7-8,10-11,13H2;(H,6,7). The molecule has 1 saturated heterocycles. The van der Waals surface area contributed by atoms with Gasteiger partial charge in [-0.2, -0.15) is 22.8 Å². The third-order valence-electron chi connectivity index (χ3n) is 5.62. The van der Waals surface area contributed by atoms with E-state index in [-0.39, 0.29) is 5.82 Å². The zero-order valence-electron chi connectivity index (χ0n) is 18.3. The van der Waals surface area contributed by atoms with Crippen molar-refractivity contribution in [3.05, 3.63) is 72.2 Å². The Balaban J connectivity index is 0.000000364. The van der Waals surface area contributed by atoms with Gasteiger partial charge in [-0.15, -0.1) is 10.2 Å². The van der Waals surface area contributed by atoms with Gasteiger partial charge in [-0.25, -0.2) is 9.18 Å². The molecule has 0 aliphatic carbocycles. The monoisotopic (exact) mass is 491 g/mol. The summed E-state index contributed by atoms with van der Waals surface area (Å²) < 4.78 is 52.8. The van der Waals surface area contributed by atoms with Gasteiger partial charge in [-0.1, -0.05) is 12.1 Å². The minimum atomic E-state index is -5.08. The van der Waals surface area contributed by atoms with Gasteiger partial charge in [0.2, 0.25) is 0 Å². The van der Waals surface area contributed by atoms with E-state index in [1.807, 2.05) is 18.2 Å². The number of fused-ring (bicyclic) bond motifs is 1. The molecular weight excluding hydrogens is 470 g/mol. The summed E-state index contributed by atoms with van der Waals surface area (Å²) in [5.74, 6) is -1.89. The molecule has 0 atom stereocenters. The van der Waals surface area contributed by atoms with Gasteiger partial charge in [0.1, 0.15) is 5.82 Å². The van der Waals surface area contributed by atoms with E-state index in [1.54, 1.807) is 35.2 Å². The smallest absolute Gasteiger partial charge is 0.475 e. The van der Waals surface area contributed by atoms with Crippen LogP contribution in [0.25, 0.3) is 16.9 Å². The number of aromatic nitrogens is 4. The largest absolute Gasteiger partial charge is 0.490 e. The maximum Gasteiger partial charge on any atom is 0.490 e. The molecule has 184 valence electrons. The minimum Gasteiger partial charge on any atom is -0.475 e. The molecule has 0 amide bonds. The van der Waals surface area contributed by atoms with Gasteiger partial charge in [-0.3, -0.25) is 4.90 Å². The van der Waals surface area contributed by atoms with Crippen LogP contribution in [-0.4, -0.2) is 55.1 Å². The lowest BCUT2D eigenvalue weighted by molar-refractivity contribution is -0.192. The number of benzene rings is 1. The highest BCUT2D eigenvalue weighted by molar-refractivity contribution is 5.73. The molecule has 5 rings (SSSR count). The van der Waals surface area contributed by atoms with Crippen molar-refractivity contribution in [3.63, 3.8) is 0 Å². The highest BCUT2D eigenvalue weighted by Gasteiger charge is 2.38. The predicted molar refractivity (Wildman–Crippen MR) is 116 cm³/mol. The quantitative estimate of drug-likeness (QED) is 0.419. The summed E-state index contributed by atoms with van der Waals surface area (Å²) in [4.78, 5) is 11.3. The predicted octanol–water partition coefficient (Wildman–Crippen LogP) is 4.54. The van der Waals surface area contributed by atoms with E-state index in [0.29, 0.717) is 22.8 Å². The van der Waals surface area contributed by atoms with E-state index in [0.717, 1.165) is 38.3 Å². The van der Waals surface area contributed by atoms with Crippen molar-refractivity contribution < 1.29 is 31.9 Å². The minimum absolute atomic E-state index is 0.281. The summed E-state index contributed by atoms with van der Waals surface area (Å²) in [6.07, 6.45) is 0.407. The number of carbonyl (C=O) groups is 1. The summed E-state index contributed by atoms with van der Waals surface area (Å²) >= 11 is 0. The first-order valence-corrected chi connectivity index (χ1v) is 10.7. The number of carboxylic acids is 1. The molecule has 0 saturated carbocycles. The van der Waals surface area contributed by atoms with Crippen LogP contribution in [0.2, 0.25) is 0 Å². The Kier molecular flexibility index (Phi) is 7.10. The van der Waals surface area contributed by atoms with Crippen molar-refractivity contribution in [1.29, 1.82) is 0 Å².